The van der Waals surface area contributed by atoms with Crippen LogP contribution < -0.4 is 0 Å². The van der Waals surface area contributed by atoms with Gasteiger partial charge in [0.25, 0.3) is 0 Å². The molecule has 4 nitrogen and oxygen atoms in total. The fourth-order valence-corrected chi connectivity index (χ4v) is 2.54. The number of nitrogens with zero attached hydrogens (tertiary/aromatic N) is 1. The molecule has 1 rings (SSSR count). The highest BCUT2D eigenvalue weighted by Crippen LogP contribution is 2.09. The molecule has 0 atom stereocenters. The first-order chi connectivity index (χ1) is 11.6. The summed E-state index contributed by atoms with van der Waals surface area (Å²) >= 11 is 0. The number of carbonyl (C=O) groups is 2. The van der Waals surface area contributed by atoms with Crippen LogP contribution in [0.25, 0.3) is 0 Å². The van der Waals surface area contributed by atoms with Gasteiger partial charge >= 0.3 is 5.97 Å². The van der Waals surface area contributed by atoms with Crippen LogP contribution in [0, 0.1) is 6.92 Å². The van der Waals surface area contributed by atoms with Crippen LogP contribution in [-0.2, 0) is 20.7 Å². The van der Waals surface area contributed by atoms with Gasteiger partial charge < -0.3 is 9.64 Å². The van der Waals surface area contributed by atoms with Crippen molar-refractivity contribution in [2.24, 2.45) is 0 Å². The van der Waals surface area contributed by atoms with E-state index in [0.717, 1.165) is 32.2 Å². The van der Waals surface area contributed by atoms with Crippen LogP contribution in [0.5, 0.6) is 0 Å². The van der Waals surface area contributed by atoms with Gasteiger partial charge in [-0.1, -0.05) is 49.6 Å². The monoisotopic (exact) mass is 333 g/mol. The molecule has 0 aromatic heterocycles. The fraction of sp³-hybridized carbons (Fsp3) is 0.600. The zero-order chi connectivity index (χ0) is 17.8. The van der Waals surface area contributed by atoms with Crippen LogP contribution in [0.3, 0.4) is 0 Å². The summed E-state index contributed by atoms with van der Waals surface area (Å²) in [5.41, 5.74) is 2.40. The maximum absolute atomic E-state index is 12.5. The van der Waals surface area contributed by atoms with Crippen molar-refractivity contribution in [3.05, 3.63) is 35.4 Å². The van der Waals surface area contributed by atoms with E-state index < -0.39 is 0 Å². The van der Waals surface area contributed by atoms with Crippen LogP contribution in [0.4, 0.5) is 0 Å². The predicted molar refractivity (Wildman–Crippen MR) is 96.9 cm³/mol. The molecule has 0 heterocycles. The smallest absolute Gasteiger partial charge is 0.307 e. The lowest BCUT2D eigenvalue weighted by Crippen LogP contribution is -2.34. The Labute approximate surface area is 146 Å². The van der Waals surface area contributed by atoms with E-state index in [4.69, 9.17) is 4.74 Å². The topological polar surface area (TPSA) is 46.6 Å². The standard InChI is InChI=1S/C20H31NO3/c1-4-6-7-15-21(16-14-20(23)24-5-2)19(22)13-12-18-10-8-17(3)9-11-18/h8-11H,4-7,12-16H2,1-3H3. The second-order valence-electron chi connectivity index (χ2n) is 6.13. The highest BCUT2D eigenvalue weighted by atomic mass is 16.5. The number of hydrogen-bond acceptors (Lipinski definition) is 3. The van der Waals surface area contributed by atoms with E-state index in [-0.39, 0.29) is 18.3 Å². The molecule has 0 radical (unpaired) electrons. The maximum Gasteiger partial charge on any atom is 0.307 e. The SMILES string of the molecule is CCCCCN(CCC(=O)OCC)C(=O)CCc1ccc(C)cc1. The molecule has 1 amide bonds. The Balaban J connectivity index is 2.51. The number of amides is 1. The van der Waals surface area contributed by atoms with Gasteiger partial charge in [-0.2, -0.15) is 0 Å². The molecule has 0 unspecified atom stereocenters. The lowest BCUT2D eigenvalue weighted by Gasteiger charge is -2.22. The van der Waals surface area contributed by atoms with E-state index in [0.29, 0.717) is 19.6 Å². The maximum atomic E-state index is 12.5. The van der Waals surface area contributed by atoms with Gasteiger partial charge in [0.1, 0.15) is 0 Å². The summed E-state index contributed by atoms with van der Waals surface area (Å²) in [6.45, 7) is 7.55. The third-order valence-corrected chi connectivity index (χ3v) is 4.02. The predicted octanol–water partition coefficient (Wildman–Crippen LogP) is 3.90. The Hall–Kier alpha value is -1.84. The molecule has 0 bridgehead atoms. The van der Waals surface area contributed by atoms with E-state index in [2.05, 4.69) is 38.1 Å². The third kappa shape index (κ3) is 8.14. The molecular formula is C20H31NO3. The molecule has 1 aromatic carbocycles. The van der Waals surface area contributed by atoms with Crippen molar-refractivity contribution in [1.29, 1.82) is 0 Å². The van der Waals surface area contributed by atoms with Crippen LogP contribution in [0.15, 0.2) is 24.3 Å². The number of ether oxygens (including phenoxy) is 1. The van der Waals surface area contributed by atoms with Crippen LogP contribution in [0.2, 0.25) is 0 Å². The van der Waals surface area contributed by atoms with Crippen LogP contribution >= 0.6 is 0 Å². The molecule has 0 aliphatic rings. The molecular weight excluding hydrogens is 302 g/mol. The van der Waals surface area contributed by atoms with Gasteiger partial charge in [0, 0.05) is 19.5 Å². The molecule has 4 heteroatoms. The quantitative estimate of drug-likeness (QED) is 0.456. The van der Waals surface area contributed by atoms with E-state index >= 15 is 0 Å². The normalized spacial score (nSPS) is 10.5. The first-order valence-corrected chi connectivity index (χ1v) is 9.05. The number of rotatable bonds is 11. The molecule has 0 aliphatic carbocycles. The minimum absolute atomic E-state index is 0.121. The zero-order valence-corrected chi connectivity index (χ0v) is 15.3. The van der Waals surface area contributed by atoms with E-state index in [9.17, 15) is 9.59 Å². The van der Waals surface area contributed by atoms with E-state index in [1.54, 1.807) is 6.92 Å². The molecule has 0 N–H and O–H groups in total. The number of esters is 1. The Kier molecular flexibility index (Phi) is 9.81. The van der Waals surface area contributed by atoms with Gasteiger partial charge in [0.05, 0.1) is 13.0 Å². The summed E-state index contributed by atoms with van der Waals surface area (Å²) in [6.07, 6.45) is 4.69. The minimum atomic E-state index is -0.232. The molecule has 0 spiro atoms. The summed E-state index contributed by atoms with van der Waals surface area (Å²) in [6, 6.07) is 8.28. The largest absolute Gasteiger partial charge is 0.466 e. The zero-order valence-electron chi connectivity index (χ0n) is 15.3. The van der Waals surface area contributed by atoms with Crippen molar-refractivity contribution >= 4 is 11.9 Å². The third-order valence-electron chi connectivity index (χ3n) is 4.02. The second-order valence-corrected chi connectivity index (χ2v) is 6.13. The van der Waals surface area contributed by atoms with E-state index in [1.165, 1.54) is 11.1 Å². The molecule has 0 saturated heterocycles. The molecule has 0 fully saturated rings. The summed E-state index contributed by atoms with van der Waals surface area (Å²) in [5, 5.41) is 0. The molecule has 1 aromatic rings. The van der Waals surface area contributed by atoms with Gasteiger partial charge in [-0.05, 0) is 32.3 Å². The van der Waals surface area contributed by atoms with Crippen molar-refractivity contribution in [3.8, 4) is 0 Å². The Morgan fingerprint density at radius 3 is 2.33 bits per heavy atom. The minimum Gasteiger partial charge on any atom is -0.466 e. The van der Waals surface area contributed by atoms with Gasteiger partial charge in [-0.25, -0.2) is 0 Å². The Bertz CT molecular complexity index is 496. The fourth-order valence-electron chi connectivity index (χ4n) is 2.54. The van der Waals surface area contributed by atoms with Crippen molar-refractivity contribution in [2.45, 2.75) is 59.3 Å². The highest BCUT2D eigenvalue weighted by molar-refractivity contribution is 5.77. The molecule has 134 valence electrons. The summed E-state index contributed by atoms with van der Waals surface area (Å²) < 4.78 is 4.96. The highest BCUT2D eigenvalue weighted by Gasteiger charge is 2.15. The second kappa shape index (κ2) is 11.7. The van der Waals surface area contributed by atoms with Crippen LogP contribution in [0.1, 0.15) is 57.1 Å². The van der Waals surface area contributed by atoms with Gasteiger partial charge in [0.15, 0.2) is 0 Å². The molecule has 0 saturated carbocycles. The first-order valence-electron chi connectivity index (χ1n) is 9.05. The van der Waals surface area contributed by atoms with Crippen molar-refractivity contribution in [2.75, 3.05) is 19.7 Å². The number of carbonyl (C=O) groups excluding carboxylic acids is 2. The van der Waals surface area contributed by atoms with Crippen LogP contribution in [-0.4, -0.2) is 36.5 Å². The number of aryl methyl sites for hydroxylation is 2. The Morgan fingerprint density at radius 1 is 1.00 bits per heavy atom. The first kappa shape index (κ1) is 20.2. The molecule has 0 aliphatic heterocycles. The van der Waals surface area contributed by atoms with E-state index in [1.807, 2.05) is 4.90 Å². The average molecular weight is 333 g/mol. The number of hydrogen-bond donors (Lipinski definition) is 0. The number of benzene rings is 1. The van der Waals surface area contributed by atoms with Gasteiger partial charge in [-0.15, -0.1) is 0 Å². The van der Waals surface area contributed by atoms with Gasteiger partial charge in [-0.3, -0.25) is 9.59 Å². The lowest BCUT2D eigenvalue weighted by molar-refractivity contribution is -0.144. The summed E-state index contributed by atoms with van der Waals surface area (Å²) in [7, 11) is 0. The molecule has 24 heavy (non-hydrogen) atoms. The van der Waals surface area contributed by atoms with Crippen molar-refractivity contribution in [3.63, 3.8) is 0 Å². The number of unbranched alkanes of at least 4 members (excludes halogenated alkanes) is 2. The summed E-state index contributed by atoms with van der Waals surface area (Å²) in [4.78, 5) is 25.9. The summed E-state index contributed by atoms with van der Waals surface area (Å²) in [5.74, 6) is -0.111. The Morgan fingerprint density at radius 2 is 1.71 bits per heavy atom. The van der Waals surface area contributed by atoms with Crippen molar-refractivity contribution < 1.29 is 14.3 Å². The van der Waals surface area contributed by atoms with Gasteiger partial charge in [0.2, 0.25) is 5.91 Å². The van der Waals surface area contributed by atoms with Crippen molar-refractivity contribution in [1.82, 2.24) is 4.90 Å². The average Bonchev–Trinajstić information content (AvgIpc) is 2.57. The lowest BCUT2D eigenvalue weighted by atomic mass is 10.1.